The average Bonchev–Trinajstić information content (AvgIpc) is 3.08. The normalized spacial score (nSPS) is 14.0. The van der Waals surface area contributed by atoms with E-state index in [4.69, 9.17) is 15.5 Å². The fraction of sp³-hybridized carbons (Fsp3) is 0.250. The molecule has 1 saturated carbocycles. The number of benzene rings is 2. The second-order valence-electron chi connectivity index (χ2n) is 7.48. The molecule has 0 bridgehead atoms. The number of nitrogens with two attached hydrogens (primary N) is 1. The highest BCUT2D eigenvalue weighted by molar-refractivity contribution is 7.99. The van der Waals surface area contributed by atoms with Crippen LogP contribution >= 0.6 is 11.8 Å². The molecule has 0 atom stereocenters. The lowest BCUT2D eigenvalue weighted by atomic mass is 9.85. The number of hydrogen-bond donors (Lipinski definition) is 1. The third-order valence-electron chi connectivity index (χ3n) is 5.57. The van der Waals surface area contributed by atoms with Gasteiger partial charge in [-0.15, -0.1) is 0 Å². The predicted octanol–water partition coefficient (Wildman–Crippen LogP) is 5.80. The molecule has 1 aliphatic rings. The first-order valence-electron chi connectivity index (χ1n) is 10.4. The largest absolute Gasteiger partial charge is 0.493 e. The van der Waals surface area contributed by atoms with Crippen molar-refractivity contribution < 1.29 is 4.74 Å². The van der Waals surface area contributed by atoms with Gasteiger partial charge in [0.05, 0.1) is 6.61 Å². The number of hydrogen-bond acceptors (Lipinski definition) is 5. The van der Waals surface area contributed by atoms with Crippen LogP contribution in [0.4, 0.5) is 5.82 Å². The Morgan fingerprint density at radius 2 is 1.97 bits per heavy atom. The topological polar surface area (TPSA) is 65.4 Å². The van der Waals surface area contributed by atoms with Crippen LogP contribution in [0.2, 0.25) is 0 Å². The molecule has 30 heavy (non-hydrogen) atoms. The zero-order valence-corrected chi connectivity index (χ0v) is 17.7. The number of nitrogens with zero attached hydrogens (tertiary/aromatic N) is 3. The molecule has 152 valence electrons. The molecule has 1 aliphatic carbocycles. The molecule has 5 rings (SSSR count). The summed E-state index contributed by atoms with van der Waals surface area (Å²) in [5.74, 6) is 2.87. The summed E-state index contributed by atoms with van der Waals surface area (Å²) in [4.78, 5) is 11.7. The van der Waals surface area contributed by atoms with Crippen molar-refractivity contribution in [2.75, 3.05) is 12.3 Å². The van der Waals surface area contributed by atoms with E-state index in [9.17, 15) is 0 Å². The first-order chi connectivity index (χ1) is 14.7. The molecule has 5 nitrogen and oxygen atoms in total. The van der Waals surface area contributed by atoms with Crippen LogP contribution in [0.1, 0.15) is 37.9 Å². The molecular formula is C24H24N4OS. The third-order valence-corrected chi connectivity index (χ3v) is 6.57. The van der Waals surface area contributed by atoms with Crippen LogP contribution in [0, 0.1) is 0 Å². The van der Waals surface area contributed by atoms with E-state index in [1.807, 2.05) is 19.2 Å². The summed E-state index contributed by atoms with van der Waals surface area (Å²) in [6.07, 6.45) is 7.32. The Labute approximate surface area is 180 Å². The molecule has 0 amide bonds. The number of anilines is 1. The Balaban J connectivity index is 1.62. The van der Waals surface area contributed by atoms with E-state index in [1.54, 1.807) is 18.0 Å². The van der Waals surface area contributed by atoms with Crippen molar-refractivity contribution in [1.82, 2.24) is 14.4 Å². The molecule has 0 aliphatic heterocycles. The quantitative estimate of drug-likeness (QED) is 0.430. The van der Waals surface area contributed by atoms with Crippen LogP contribution in [-0.4, -0.2) is 21.0 Å². The fourth-order valence-corrected chi connectivity index (χ4v) is 4.76. The smallest absolute Gasteiger partial charge is 0.150 e. The molecule has 4 aromatic rings. The second kappa shape index (κ2) is 8.03. The van der Waals surface area contributed by atoms with Crippen molar-refractivity contribution in [3.63, 3.8) is 0 Å². The first-order valence-corrected chi connectivity index (χ1v) is 11.2. The molecule has 2 N–H and O–H groups in total. The predicted molar refractivity (Wildman–Crippen MR) is 121 cm³/mol. The minimum absolute atomic E-state index is 0.483. The summed E-state index contributed by atoms with van der Waals surface area (Å²) < 4.78 is 8.16. The monoisotopic (exact) mass is 416 g/mol. The zero-order chi connectivity index (χ0) is 20.5. The molecule has 2 aromatic carbocycles. The van der Waals surface area contributed by atoms with E-state index < -0.39 is 0 Å². The van der Waals surface area contributed by atoms with E-state index in [2.05, 4.69) is 51.8 Å². The van der Waals surface area contributed by atoms with Gasteiger partial charge in [-0.2, -0.15) is 0 Å². The van der Waals surface area contributed by atoms with E-state index in [-0.39, 0.29) is 0 Å². The number of aromatic nitrogens is 3. The maximum absolute atomic E-state index is 6.31. The van der Waals surface area contributed by atoms with E-state index in [1.165, 1.54) is 24.2 Å². The van der Waals surface area contributed by atoms with Gasteiger partial charge in [-0.25, -0.2) is 9.97 Å². The van der Waals surface area contributed by atoms with Gasteiger partial charge in [0.25, 0.3) is 0 Å². The number of imidazole rings is 1. The number of ether oxygens (including phenoxy) is 1. The van der Waals surface area contributed by atoms with Crippen LogP contribution in [0.5, 0.6) is 5.75 Å². The Bertz CT molecular complexity index is 1180. The summed E-state index contributed by atoms with van der Waals surface area (Å²) in [7, 11) is 0. The van der Waals surface area contributed by atoms with Gasteiger partial charge in [-0.05, 0) is 50.1 Å². The highest BCUT2D eigenvalue weighted by Crippen LogP contribution is 2.42. The molecule has 0 saturated heterocycles. The standard InChI is InChI=1S/C24H24N4OS/c1-2-29-20-15-18(30-17-9-4-3-5-10-17)11-12-19(20)21-22-23(25)26-13-14-28(22)24(27-21)16-7-6-8-16/h3-5,9-16H,2,6-8H2,1H3,(H2,25,26). The molecule has 6 heteroatoms. The van der Waals surface area contributed by atoms with Gasteiger partial charge in [0.1, 0.15) is 28.6 Å². The van der Waals surface area contributed by atoms with E-state index in [0.29, 0.717) is 18.3 Å². The summed E-state index contributed by atoms with van der Waals surface area (Å²) in [6, 6.07) is 16.7. The van der Waals surface area contributed by atoms with Crippen LogP contribution < -0.4 is 10.5 Å². The van der Waals surface area contributed by atoms with Crippen molar-refractivity contribution in [3.8, 4) is 17.0 Å². The van der Waals surface area contributed by atoms with Gasteiger partial charge in [-0.3, -0.25) is 4.40 Å². The molecule has 2 heterocycles. The Morgan fingerprint density at radius 3 is 2.70 bits per heavy atom. The summed E-state index contributed by atoms with van der Waals surface area (Å²) >= 11 is 1.72. The second-order valence-corrected chi connectivity index (χ2v) is 8.63. The maximum atomic E-state index is 6.31. The summed E-state index contributed by atoms with van der Waals surface area (Å²) in [5.41, 5.74) is 8.98. The third kappa shape index (κ3) is 3.41. The van der Waals surface area contributed by atoms with Crippen molar-refractivity contribution in [1.29, 1.82) is 0 Å². The Hall–Kier alpha value is -2.99. The van der Waals surface area contributed by atoms with E-state index in [0.717, 1.165) is 33.2 Å². The lowest BCUT2D eigenvalue weighted by molar-refractivity contribution is 0.341. The van der Waals surface area contributed by atoms with Gasteiger partial charge in [0.2, 0.25) is 0 Å². The Morgan fingerprint density at radius 1 is 1.13 bits per heavy atom. The van der Waals surface area contributed by atoms with Gasteiger partial charge < -0.3 is 10.5 Å². The van der Waals surface area contributed by atoms with Crippen LogP contribution in [-0.2, 0) is 0 Å². The Kier molecular flexibility index (Phi) is 5.09. The fourth-order valence-electron chi connectivity index (χ4n) is 3.89. The van der Waals surface area contributed by atoms with Crippen molar-refractivity contribution >= 4 is 23.1 Å². The molecule has 0 spiro atoms. The van der Waals surface area contributed by atoms with Gasteiger partial charge in [0.15, 0.2) is 0 Å². The minimum atomic E-state index is 0.483. The van der Waals surface area contributed by atoms with Gasteiger partial charge in [0, 0.05) is 33.7 Å². The van der Waals surface area contributed by atoms with Gasteiger partial charge in [-0.1, -0.05) is 36.4 Å². The van der Waals surface area contributed by atoms with Crippen molar-refractivity contribution in [3.05, 3.63) is 66.7 Å². The number of rotatable bonds is 6. The number of nitrogen functional groups attached to an aromatic ring is 1. The molecule has 2 aromatic heterocycles. The zero-order valence-electron chi connectivity index (χ0n) is 16.9. The van der Waals surface area contributed by atoms with Crippen molar-refractivity contribution in [2.45, 2.75) is 41.9 Å². The molecule has 0 unspecified atom stereocenters. The van der Waals surface area contributed by atoms with Gasteiger partial charge >= 0.3 is 0 Å². The highest BCUT2D eigenvalue weighted by atomic mass is 32.2. The van der Waals surface area contributed by atoms with Crippen LogP contribution in [0.3, 0.4) is 0 Å². The lowest BCUT2D eigenvalue weighted by Crippen LogP contribution is -2.12. The highest BCUT2D eigenvalue weighted by Gasteiger charge is 2.27. The minimum Gasteiger partial charge on any atom is -0.493 e. The van der Waals surface area contributed by atoms with E-state index >= 15 is 0 Å². The maximum Gasteiger partial charge on any atom is 0.150 e. The van der Waals surface area contributed by atoms with Crippen LogP contribution in [0.15, 0.2) is 70.7 Å². The average molecular weight is 417 g/mol. The van der Waals surface area contributed by atoms with Crippen LogP contribution in [0.25, 0.3) is 16.8 Å². The number of fused-ring (bicyclic) bond motifs is 1. The SMILES string of the molecule is CCOc1cc(Sc2ccccc2)ccc1-c1nc(C2CCC2)n2ccnc(N)c12. The molecular weight excluding hydrogens is 392 g/mol. The van der Waals surface area contributed by atoms with Crippen molar-refractivity contribution in [2.24, 2.45) is 0 Å². The lowest BCUT2D eigenvalue weighted by Gasteiger charge is -2.23. The molecule has 0 radical (unpaired) electrons. The molecule has 1 fully saturated rings. The summed E-state index contributed by atoms with van der Waals surface area (Å²) in [6.45, 7) is 2.59. The first kappa shape index (κ1) is 19.0. The summed E-state index contributed by atoms with van der Waals surface area (Å²) in [5, 5.41) is 0.